The normalized spacial score (nSPS) is 39.8. The number of hydrogen-bond donors (Lipinski definition) is 1. The fraction of sp³-hybridized carbons (Fsp3) is 1.00. The van der Waals surface area contributed by atoms with Crippen LogP contribution in [0.2, 0.25) is 0 Å². The fourth-order valence-electron chi connectivity index (χ4n) is 0.624. The van der Waals surface area contributed by atoms with Crippen LogP contribution in [0.3, 0.4) is 0 Å². The first-order chi connectivity index (χ1) is 3.71. The van der Waals surface area contributed by atoms with Crippen molar-refractivity contribution in [1.82, 2.24) is 0 Å². The summed E-state index contributed by atoms with van der Waals surface area (Å²) in [6, 6.07) is 0. The summed E-state index contributed by atoms with van der Waals surface area (Å²) in [4.78, 5) is -0.627. The quantitative estimate of drug-likeness (QED) is 0.522. The van der Waals surface area contributed by atoms with Gasteiger partial charge in [-0.15, -0.1) is 11.8 Å². The minimum absolute atomic E-state index is 0.470. The van der Waals surface area contributed by atoms with Crippen LogP contribution < -0.4 is 0 Å². The number of ether oxygens (including phenoxy) is 1. The van der Waals surface area contributed by atoms with E-state index in [4.69, 9.17) is 4.74 Å². The molecule has 0 saturated carbocycles. The van der Waals surface area contributed by atoms with Gasteiger partial charge in [-0.1, -0.05) is 0 Å². The van der Waals surface area contributed by atoms with E-state index in [1.807, 2.05) is 0 Å². The maximum Gasteiger partial charge on any atom is 0.131 e. The van der Waals surface area contributed by atoms with Crippen LogP contribution in [-0.2, 0) is 4.74 Å². The second-order valence-corrected chi connectivity index (χ2v) is 3.65. The predicted octanol–water partition coefficient (Wildman–Crippen LogP) is 0.458. The molecule has 1 heterocycles. The first-order valence-electron chi connectivity index (χ1n) is 2.65. The lowest BCUT2D eigenvalue weighted by Crippen LogP contribution is -2.32. The molecule has 48 valence electrons. The van der Waals surface area contributed by atoms with Crippen molar-refractivity contribution in [3.05, 3.63) is 0 Å². The highest BCUT2D eigenvalue weighted by atomic mass is 32.2. The predicted molar refractivity (Wildman–Crippen MR) is 33.9 cm³/mol. The average Bonchev–Trinajstić information content (AvgIpc) is 1.65. The molecule has 1 saturated heterocycles. The van der Waals surface area contributed by atoms with Gasteiger partial charge in [-0.2, -0.15) is 0 Å². The van der Waals surface area contributed by atoms with Crippen LogP contribution in [0.1, 0.15) is 6.92 Å². The zero-order valence-corrected chi connectivity index (χ0v) is 5.70. The highest BCUT2D eigenvalue weighted by Crippen LogP contribution is 2.24. The number of hydrogen-bond acceptors (Lipinski definition) is 3. The van der Waals surface area contributed by atoms with Gasteiger partial charge in [0.05, 0.1) is 13.2 Å². The standard InChI is InChI=1S/C5H10O2S/c1-5(6)4-7-2-3-8-5/h6H,2-4H2,1H3. The van der Waals surface area contributed by atoms with Crippen molar-refractivity contribution < 1.29 is 9.84 Å². The molecular formula is C5H10O2S. The number of rotatable bonds is 0. The van der Waals surface area contributed by atoms with Crippen molar-refractivity contribution in [2.24, 2.45) is 0 Å². The molecule has 8 heavy (non-hydrogen) atoms. The van der Waals surface area contributed by atoms with E-state index in [1.165, 1.54) is 0 Å². The summed E-state index contributed by atoms with van der Waals surface area (Å²) >= 11 is 1.55. The van der Waals surface area contributed by atoms with Gasteiger partial charge in [0.15, 0.2) is 0 Å². The van der Waals surface area contributed by atoms with Crippen molar-refractivity contribution in [2.45, 2.75) is 11.9 Å². The number of aliphatic hydroxyl groups is 1. The van der Waals surface area contributed by atoms with Gasteiger partial charge >= 0.3 is 0 Å². The molecule has 1 unspecified atom stereocenters. The Bertz CT molecular complexity index is 74.5. The Balaban J connectivity index is 2.33. The third-order valence-electron chi connectivity index (χ3n) is 1.01. The molecule has 1 atom stereocenters. The highest BCUT2D eigenvalue weighted by molar-refractivity contribution is 8.00. The molecule has 1 N–H and O–H groups in total. The van der Waals surface area contributed by atoms with Gasteiger partial charge in [-0.25, -0.2) is 0 Å². The maximum absolute atomic E-state index is 9.21. The Morgan fingerprint density at radius 2 is 2.50 bits per heavy atom. The van der Waals surface area contributed by atoms with Gasteiger partial charge in [-0.3, -0.25) is 0 Å². The van der Waals surface area contributed by atoms with Crippen LogP contribution in [0.15, 0.2) is 0 Å². The van der Waals surface area contributed by atoms with Crippen LogP contribution in [0.25, 0.3) is 0 Å². The van der Waals surface area contributed by atoms with Gasteiger partial charge < -0.3 is 9.84 Å². The van der Waals surface area contributed by atoms with Crippen molar-refractivity contribution in [3.63, 3.8) is 0 Å². The lowest BCUT2D eigenvalue weighted by molar-refractivity contribution is 0.0222. The molecular weight excluding hydrogens is 124 g/mol. The summed E-state index contributed by atoms with van der Waals surface area (Å²) in [7, 11) is 0. The minimum atomic E-state index is -0.627. The van der Waals surface area contributed by atoms with Gasteiger partial charge in [0.1, 0.15) is 4.93 Å². The molecule has 0 amide bonds. The van der Waals surface area contributed by atoms with Crippen LogP contribution >= 0.6 is 11.8 Å². The first-order valence-corrected chi connectivity index (χ1v) is 3.63. The monoisotopic (exact) mass is 134 g/mol. The Kier molecular flexibility index (Phi) is 1.80. The maximum atomic E-state index is 9.21. The molecule has 0 aromatic heterocycles. The molecule has 3 heteroatoms. The largest absolute Gasteiger partial charge is 0.377 e. The molecule has 2 nitrogen and oxygen atoms in total. The van der Waals surface area contributed by atoms with Crippen molar-refractivity contribution >= 4 is 11.8 Å². The van der Waals surface area contributed by atoms with Crippen molar-refractivity contribution in [1.29, 1.82) is 0 Å². The SMILES string of the molecule is CC1(O)COCCS1. The summed E-state index contributed by atoms with van der Waals surface area (Å²) < 4.78 is 5.01. The first kappa shape index (κ1) is 6.39. The molecule has 0 aliphatic carbocycles. The summed E-state index contributed by atoms with van der Waals surface area (Å²) in [5, 5.41) is 9.21. The topological polar surface area (TPSA) is 29.5 Å². The molecule has 0 aromatic rings. The van der Waals surface area contributed by atoms with E-state index in [0.717, 1.165) is 12.4 Å². The summed E-state index contributed by atoms with van der Waals surface area (Å²) in [5.74, 6) is 0.910. The molecule has 0 bridgehead atoms. The zero-order valence-electron chi connectivity index (χ0n) is 4.89. The second-order valence-electron chi connectivity index (χ2n) is 2.08. The van der Waals surface area contributed by atoms with Gasteiger partial charge in [0, 0.05) is 5.75 Å². The molecule has 1 aliphatic rings. The second kappa shape index (κ2) is 2.25. The molecule has 1 fully saturated rings. The Morgan fingerprint density at radius 1 is 1.75 bits per heavy atom. The van der Waals surface area contributed by atoms with Crippen LogP contribution in [0.5, 0.6) is 0 Å². The van der Waals surface area contributed by atoms with Gasteiger partial charge in [-0.05, 0) is 6.92 Å². The third kappa shape index (κ3) is 1.65. The smallest absolute Gasteiger partial charge is 0.131 e. The molecule has 0 radical (unpaired) electrons. The van der Waals surface area contributed by atoms with Crippen molar-refractivity contribution in [3.8, 4) is 0 Å². The molecule has 1 aliphatic heterocycles. The van der Waals surface area contributed by atoms with Crippen molar-refractivity contribution in [2.75, 3.05) is 19.0 Å². The van der Waals surface area contributed by atoms with E-state index >= 15 is 0 Å². The average molecular weight is 134 g/mol. The number of thioether (sulfide) groups is 1. The summed E-state index contributed by atoms with van der Waals surface area (Å²) in [5.41, 5.74) is 0. The van der Waals surface area contributed by atoms with Gasteiger partial charge in [0.25, 0.3) is 0 Å². The lowest BCUT2D eigenvalue weighted by atomic mass is 10.4. The van der Waals surface area contributed by atoms with E-state index in [1.54, 1.807) is 18.7 Å². The van der Waals surface area contributed by atoms with E-state index < -0.39 is 4.93 Å². The molecule has 0 aromatic carbocycles. The minimum Gasteiger partial charge on any atom is -0.377 e. The zero-order chi connectivity index (χ0) is 6.04. The van der Waals surface area contributed by atoms with Crippen LogP contribution in [0, 0.1) is 0 Å². The lowest BCUT2D eigenvalue weighted by Gasteiger charge is -2.26. The van der Waals surface area contributed by atoms with E-state index in [-0.39, 0.29) is 0 Å². The van der Waals surface area contributed by atoms with Gasteiger partial charge in [0.2, 0.25) is 0 Å². The molecule has 1 rings (SSSR count). The fourth-order valence-corrected chi connectivity index (χ4v) is 1.43. The highest BCUT2D eigenvalue weighted by Gasteiger charge is 2.23. The van der Waals surface area contributed by atoms with E-state index in [0.29, 0.717) is 6.61 Å². The van der Waals surface area contributed by atoms with Crippen LogP contribution in [-0.4, -0.2) is 29.0 Å². The Morgan fingerprint density at radius 3 is 2.75 bits per heavy atom. The van der Waals surface area contributed by atoms with E-state index in [2.05, 4.69) is 0 Å². The Labute approximate surface area is 53.2 Å². The summed E-state index contributed by atoms with van der Waals surface area (Å²) in [6.45, 7) is 3.02. The molecule has 0 spiro atoms. The summed E-state index contributed by atoms with van der Waals surface area (Å²) in [6.07, 6.45) is 0. The Hall–Kier alpha value is 0.270. The van der Waals surface area contributed by atoms with E-state index in [9.17, 15) is 5.11 Å². The third-order valence-corrected chi connectivity index (χ3v) is 2.12. The van der Waals surface area contributed by atoms with Crippen LogP contribution in [0.4, 0.5) is 0 Å².